The molecule has 4 nitrogen and oxygen atoms in total. The Morgan fingerprint density at radius 3 is 2.74 bits per heavy atom. The highest BCUT2D eigenvalue weighted by atomic mass is 127. The van der Waals surface area contributed by atoms with Gasteiger partial charge >= 0.3 is 0 Å². The number of halogens is 2. The van der Waals surface area contributed by atoms with Gasteiger partial charge in [0.1, 0.15) is 30.0 Å². The van der Waals surface area contributed by atoms with Crippen LogP contribution in [0.4, 0.5) is 4.39 Å². The largest absolute Gasteiger partial charge is 0.490 e. The van der Waals surface area contributed by atoms with E-state index in [0.717, 1.165) is 12.8 Å². The predicted molar refractivity (Wildman–Crippen MR) is 77.2 cm³/mol. The van der Waals surface area contributed by atoms with Crippen molar-refractivity contribution in [2.24, 2.45) is 0 Å². The molecule has 0 aliphatic heterocycles. The standard InChI is InChI=1S/C13H15FINO3/c1-8(17)7-18-11-2-9(14)3-12(6-11)19-13-4-10(5-13)16-15/h2-3,6,10,13,16H,4-5,7H2,1H3. The first-order valence-corrected chi connectivity index (χ1v) is 7.10. The van der Waals surface area contributed by atoms with E-state index in [1.807, 2.05) is 0 Å². The maximum atomic E-state index is 13.4. The molecule has 1 N–H and O–H groups in total. The molecule has 0 saturated heterocycles. The molecule has 0 radical (unpaired) electrons. The molecular formula is C13H15FINO3. The molecule has 1 aromatic carbocycles. The number of hydrogen-bond donors (Lipinski definition) is 1. The highest BCUT2D eigenvalue weighted by molar-refractivity contribution is 14.1. The Kier molecular flexibility index (Phi) is 4.98. The Bertz CT molecular complexity index is 463. The van der Waals surface area contributed by atoms with E-state index in [2.05, 4.69) is 26.4 Å². The summed E-state index contributed by atoms with van der Waals surface area (Å²) in [5.74, 6) is 0.212. The van der Waals surface area contributed by atoms with Crippen LogP contribution in [0.5, 0.6) is 11.5 Å². The molecule has 1 saturated carbocycles. The van der Waals surface area contributed by atoms with Crippen LogP contribution in [0, 0.1) is 5.82 Å². The van der Waals surface area contributed by atoms with Crippen molar-refractivity contribution in [1.29, 1.82) is 0 Å². The molecule has 0 atom stereocenters. The Morgan fingerprint density at radius 2 is 2.11 bits per heavy atom. The maximum Gasteiger partial charge on any atom is 0.167 e. The van der Waals surface area contributed by atoms with Gasteiger partial charge in [0.25, 0.3) is 0 Å². The van der Waals surface area contributed by atoms with E-state index < -0.39 is 5.82 Å². The summed E-state index contributed by atoms with van der Waals surface area (Å²) in [5.41, 5.74) is 0. The molecule has 1 fully saturated rings. The summed E-state index contributed by atoms with van der Waals surface area (Å²) in [6, 6.07) is 4.64. The van der Waals surface area contributed by atoms with E-state index in [0.29, 0.717) is 17.5 Å². The van der Waals surface area contributed by atoms with E-state index >= 15 is 0 Å². The van der Waals surface area contributed by atoms with Gasteiger partial charge in [-0.2, -0.15) is 0 Å². The maximum absolute atomic E-state index is 13.4. The fourth-order valence-corrected chi connectivity index (χ4v) is 2.33. The fourth-order valence-electron chi connectivity index (χ4n) is 1.82. The zero-order valence-corrected chi connectivity index (χ0v) is 12.6. The summed E-state index contributed by atoms with van der Waals surface area (Å²) < 4.78 is 27.4. The first-order valence-electron chi connectivity index (χ1n) is 6.02. The Labute approximate surface area is 125 Å². The second-order valence-corrected chi connectivity index (χ2v) is 5.25. The third kappa shape index (κ3) is 4.31. The lowest BCUT2D eigenvalue weighted by Gasteiger charge is -2.34. The summed E-state index contributed by atoms with van der Waals surface area (Å²) in [6.07, 6.45) is 1.92. The molecule has 1 aliphatic carbocycles. The number of hydrogen-bond acceptors (Lipinski definition) is 4. The van der Waals surface area contributed by atoms with Crippen molar-refractivity contribution < 1.29 is 18.7 Å². The molecule has 19 heavy (non-hydrogen) atoms. The van der Waals surface area contributed by atoms with Crippen LogP contribution >= 0.6 is 22.9 Å². The minimum Gasteiger partial charge on any atom is -0.490 e. The van der Waals surface area contributed by atoms with Crippen LogP contribution in [0.1, 0.15) is 19.8 Å². The summed E-state index contributed by atoms with van der Waals surface area (Å²) in [7, 11) is 0. The van der Waals surface area contributed by atoms with Gasteiger partial charge in [0.05, 0.1) is 0 Å². The summed E-state index contributed by atoms with van der Waals surface area (Å²) >= 11 is 2.12. The van der Waals surface area contributed by atoms with Crippen LogP contribution in [0.3, 0.4) is 0 Å². The van der Waals surface area contributed by atoms with Crippen molar-refractivity contribution in [2.45, 2.75) is 31.9 Å². The smallest absolute Gasteiger partial charge is 0.167 e. The van der Waals surface area contributed by atoms with Crippen LogP contribution in [-0.2, 0) is 4.79 Å². The van der Waals surface area contributed by atoms with Gasteiger partial charge in [-0.3, -0.25) is 8.32 Å². The molecule has 0 amide bonds. The molecule has 0 unspecified atom stereocenters. The molecule has 0 aromatic heterocycles. The van der Waals surface area contributed by atoms with E-state index in [1.165, 1.54) is 19.1 Å². The van der Waals surface area contributed by atoms with Crippen molar-refractivity contribution in [3.8, 4) is 11.5 Å². The highest BCUT2D eigenvalue weighted by Crippen LogP contribution is 2.29. The molecule has 1 aliphatic rings. The molecular weight excluding hydrogens is 364 g/mol. The van der Waals surface area contributed by atoms with Gasteiger partial charge in [0.15, 0.2) is 5.78 Å². The highest BCUT2D eigenvalue weighted by Gasteiger charge is 2.30. The zero-order chi connectivity index (χ0) is 13.8. The van der Waals surface area contributed by atoms with Gasteiger partial charge in [-0.1, -0.05) is 0 Å². The molecule has 0 heterocycles. The number of rotatable bonds is 6. The van der Waals surface area contributed by atoms with Crippen molar-refractivity contribution in [3.05, 3.63) is 24.0 Å². The van der Waals surface area contributed by atoms with Gasteiger partial charge < -0.3 is 9.47 Å². The third-order valence-corrected chi connectivity index (χ3v) is 3.72. The minimum absolute atomic E-state index is 0.0624. The lowest BCUT2D eigenvalue weighted by atomic mass is 9.90. The minimum atomic E-state index is -0.432. The first kappa shape index (κ1) is 14.5. The molecule has 6 heteroatoms. The van der Waals surface area contributed by atoms with Crippen molar-refractivity contribution in [1.82, 2.24) is 3.53 Å². The van der Waals surface area contributed by atoms with Gasteiger partial charge in [-0.15, -0.1) is 0 Å². The average Bonchev–Trinajstić information content (AvgIpc) is 2.30. The quantitative estimate of drug-likeness (QED) is 0.610. The predicted octanol–water partition coefficient (Wildman–Crippen LogP) is 2.64. The SMILES string of the molecule is CC(=O)COc1cc(F)cc(OC2CC(NI)C2)c1. The van der Waals surface area contributed by atoms with Crippen LogP contribution in [0.2, 0.25) is 0 Å². The van der Waals surface area contributed by atoms with Gasteiger partial charge in [0, 0.05) is 59.9 Å². The lowest BCUT2D eigenvalue weighted by Crippen LogP contribution is -2.43. The Balaban J connectivity index is 1.95. The lowest BCUT2D eigenvalue weighted by molar-refractivity contribution is -0.118. The number of nitrogens with one attached hydrogen (secondary N) is 1. The topological polar surface area (TPSA) is 47.6 Å². The molecule has 0 bridgehead atoms. The number of benzene rings is 1. The van der Waals surface area contributed by atoms with E-state index in [-0.39, 0.29) is 18.5 Å². The van der Waals surface area contributed by atoms with Gasteiger partial charge in [-0.05, 0) is 6.92 Å². The second-order valence-electron chi connectivity index (χ2n) is 4.63. The molecule has 104 valence electrons. The van der Waals surface area contributed by atoms with Crippen molar-refractivity contribution >= 4 is 28.6 Å². The Hall–Kier alpha value is -0.890. The first-order chi connectivity index (χ1) is 9.06. The fraction of sp³-hybridized carbons (Fsp3) is 0.462. The second kappa shape index (κ2) is 6.51. The number of carbonyl (C=O) groups excluding carboxylic acids is 1. The third-order valence-electron chi connectivity index (χ3n) is 2.84. The monoisotopic (exact) mass is 379 g/mol. The molecule has 0 spiro atoms. The van der Waals surface area contributed by atoms with E-state index in [9.17, 15) is 9.18 Å². The van der Waals surface area contributed by atoms with Crippen LogP contribution in [0.15, 0.2) is 18.2 Å². The van der Waals surface area contributed by atoms with Crippen molar-refractivity contribution in [2.75, 3.05) is 6.61 Å². The number of Topliss-reactive ketones (excluding diaryl/α,β-unsaturated/α-hetero) is 1. The van der Waals surface area contributed by atoms with E-state index in [4.69, 9.17) is 9.47 Å². The normalized spacial score (nSPS) is 21.6. The summed E-state index contributed by atoms with van der Waals surface area (Å²) in [5, 5.41) is 0. The number of carbonyl (C=O) groups is 1. The van der Waals surface area contributed by atoms with Crippen LogP contribution in [0.25, 0.3) is 0 Å². The Morgan fingerprint density at radius 1 is 1.42 bits per heavy atom. The van der Waals surface area contributed by atoms with Gasteiger partial charge in [-0.25, -0.2) is 4.39 Å². The number of ketones is 1. The summed E-state index contributed by atoms with van der Waals surface area (Å²) in [6.45, 7) is 1.36. The van der Waals surface area contributed by atoms with Gasteiger partial charge in [0.2, 0.25) is 0 Å². The average molecular weight is 379 g/mol. The zero-order valence-electron chi connectivity index (χ0n) is 10.5. The summed E-state index contributed by atoms with van der Waals surface area (Å²) in [4.78, 5) is 10.8. The van der Waals surface area contributed by atoms with Crippen LogP contribution < -0.4 is 13.0 Å². The van der Waals surface area contributed by atoms with Crippen molar-refractivity contribution in [3.63, 3.8) is 0 Å². The molecule has 2 rings (SSSR count). The molecule has 1 aromatic rings. The number of ether oxygens (including phenoxy) is 2. The van der Waals surface area contributed by atoms with Crippen LogP contribution in [-0.4, -0.2) is 24.5 Å². The van der Waals surface area contributed by atoms with E-state index in [1.54, 1.807) is 6.07 Å².